The number of nitrogens with one attached hydrogen (secondary N) is 1. The van der Waals surface area contributed by atoms with Gasteiger partial charge in [0.2, 0.25) is 5.91 Å². The van der Waals surface area contributed by atoms with E-state index < -0.39 is 12.1 Å². The number of hydrogen-bond donors (Lipinski definition) is 3. The molecular weight excluding hydrogens is 923 g/mol. The Hall–Kier alpha value is -2.18. The van der Waals surface area contributed by atoms with Crippen LogP contribution in [0, 0.1) is 0 Å². The Morgan fingerprint density at radius 3 is 1.04 bits per heavy atom. The lowest BCUT2D eigenvalue weighted by Crippen LogP contribution is -2.45. The average molecular weight is 1050 g/mol. The molecule has 2 unspecified atom stereocenters. The van der Waals surface area contributed by atoms with Crippen LogP contribution in [0.25, 0.3) is 0 Å². The van der Waals surface area contributed by atoms with E-state index in [1.54, 1.807) is 6.08 Å². The fourth-order valence-corrected chi connectivity index (χ4v) is 10.2. The minimum Gasteiger partial charge on any atom is -0.466 e. The number of allylic oxidation sites excluding steroid dienone is 7. The van der Waals surface area contributed by atoms with Crippen molar-refractivity contribution in [2.45, 2.75) is 366 Å². The van der Waals surface area contributed by atoms with Gasteiger partial charge in [-0.3, -0.25) is 9.59 Å². The maximum atomic E-state index is 12.4. The predicted octanol–water partition coefficient (Wildman–Crippen LogP) is 21.3. The first-order valence-electron chi connectivity index (χ1n) is 33.4. The Bertz CT molecular complexity index is 1260. The van der Waals surface area contributed by atoms with Gasteiger partial charge in [-0.2, -0.15) is 0 Å². The van der Waals surface area contributed by atoms with E-state index in [0.717, 1.165) is 51.4 Å². The van der Waals surface area contributed by atoms with Gasteiger partial charge in [0.05, 0.1) is 25.4 Å². The molecule has 0 heterocycles. The summed E-state index contributed by atoms with van der Waals surface area (Å²) in [6, 6.07) is -0.625. The molecule has 0 saturated carbocycles. The molecule has 2 atom stereocenters. The third kappa shape index (κ3) is 60.9. The number of rotatable bonds is 62. The van der Waals surface area contributed by atoms with Crippen LogP contribution in [0.5, 0.6) is 0 Å². The monoisotopic (exact) mass is 1050 g/mol. The van der Waals surface area contributed by atoms with Gasteiger partial charge in [-0.05, 0) is 89.9 Å². The van der Waals surface area contributed by atoms with Crippen molar-refractivity contribution in [3.8, 4) is 0 Å². The lowest BCUT2D eigenvalue weighted by atomic mass is 10.0. The highest BCUT2D eigenvalue weighted by Gasteiger charge is 2.18. The van der Waals surface area contributed by atoms with Crippen LogP contribution < -0.4 is 5.32 Å². The summed E-state index contributed by atoms with van der Waals surface area (Å²) in [4.78, 5) is 24.5. The van der Waals surface area contributed by atoms with Gasteiger partial charge in [-0.15, -0.1) is 0 Å². The number of esters is 1. The van der Waals surface area contributed by atoms with E-state index in [2.05, 4.69) is 55.6 Å². The molecule has 0 radical (unpaired) electrons. The molecule has 0 aromatic carbocycles. The molecule has 0 aliphatic rings. The molecule has 0 bridgehead atoms. The van der Waals surface area contributed by atoms with E-state index in [-0.39, 0.29) is 18.5 Å². The van der Waals surface area contributed by atoms with Crippen molar-refractivity contribution in [3.05, 3.63) is 48.6 Å². The van der Waals surface area contributed by atoms with E-state index in [4.69, 9.17) is 4.74 Å². The molecule has 440 valence electrons. The number of hydrogen-bond acceptors (Lipinski definition) is 5. The van der Waals surface area contributed by atoms with Gasteiger partial charge in [0.25, 0.3) is 0 Å². The molecule has 0 rings (SSSR count). The Kier molecular flexibility index (Phi) is 62.5. The van der Waals surface area contributed by atoms with Crippen LogP contribution in [0.1, 0.15) is 354 Å². The summed E-state index contributed by atoms with van der Waals surface area (Å²) in [6.07, 6.45) is 83.3. The van der Waals surface area contributed by atoms with Crippen LogP contribution in [0.15, 0.2) is 48.6 Å². The molecule has 75 heavy (non-hydrogen) atoms. The third-order valence-corrected chi connectivity index (χ3v) is 15.3. The molecule has 0 fully saturated rings. The minimum atomic E-state index is -0.842. The first-order chi connectivity index (χ1) is 37.0. The van der Waals surface area contributed by atoms with Crippen LogP contribution in [0.4, 0.5) is 0 Å². The summed E-state index contributed by atoms with van der Waals surface area (Å²) in [7, 11) is 0. The topological polar surface area (TPSA) is 95.9 Å². The largest absolute Gasteiger partial charge is 0.466 e. The smallest absolute Gasteiger partial charge is 0.305 e. The molecule has 0 aromatic rings. The van der Waals surface area contributed by atoms with Gasteiger partial charge in [0, 0.05) is 12.8 Å². The van der Waals surface area contributed by atoms with Crippen LogP contribution in [-0.2, 0) is 14.3 Å². The molecule has 3 N–H and O–H groups in total. The molecule has 0 aromatic heterocycles. The van der Waals surface area contributed by atoms with Gasteiger partial charge in [0.15, 0.2) is 0 Å². The number of aliphatic hydroxyl groups excluding tert-OH is 2. The highest BCUT2D eigenvalue weighted by Crippen LogP contribution is 2.17. The Morgan fingerprint density at radius 1 is 0.373 bits per heavy atom. The normalized spacial score (nSPS) is 12.9. The van der Waals surface area contributed by atoms with Crippen molar-refractivity contribution in [3.63, 3.8) is 0 Å². The second-order valence-corrected chi connectivity index (χ2v) is 22.8. The predicted molar refractivity (Wildman–Crippen MR) is 329 cm³/mol. The summed E-state index contributed by atoms with van der Waals surface area (Å²) < 4.78 is 5.50. The molecule has 0 saturated heterocycles. The maximum absolute atomic E-state index is 12.4. The summed E-state index contributed by atoms with van der Waals surface area (Å²) >= 11 is 0. The first kappa shape index (κ1) is 72.8. The maximum Gasteiger partial charge on any atom is 0.305 e. The lowest BCUT2D eigenvalue weighted by molar-refractivity contribution is -0.143. The zero-order chi connectivity index (χ0) is 54.3. The number of carbonyl (C=O) groups is 2. The van der Waals surface area contributed by atoms with Crippen molar-refractivity contribution in [1.82, 2.24) is 5.32 Å². The van der Waals surface area contributed by atoms with Crippen molar-refractivity contribution in [2.75, 3.05) is 13.2 Å². The highest BCUT2D eigenvalue weighted by atomic mass is 16.5. The summed E-state index contributed by atoms with van der Waals surface area (Å²) in [5.41, 5.74) is 0. The van der Waals surface area contributed by atoms with Crippen molar-refractivity contribution < 1.29 is 24.5 Å². The zero-order valence-corrected chi connectivity index (χ0v) is 50.3. The van der Waals surface area contributed by atoms with E-state index in [1.807, 2.05) is 6.08 Å². The average Bonchev–Trinajstić information content (AvgIpc) is 3.41. The quantitative estimate of drug-likeness (QED) is 0.0320. The van der Waals surface area contributed by atoms with Crippen LogP contribution >= 0.6 is 0 Å². The second kappa shape index (κ2) is 64.3. The van der Waals surface area contributed by atoms with Gasteiger partial charge in [-0.1, -0.05) is 300 Å². The fraction of sp³-hybridized carbons (Fsp3) is 0.855. The van der Waals surface area contributed by atoms with Gasteiger partial charge in [-0.25, -0.2) is 0 Å². The molecular formula is C69H129NO5. The molecule has 6 heteroatoms. The standard InChI is InChI=1S/C69H129NO5/c1-3-5-7-9-11-13-15-16-17-18-34-37-40-43-47-51-55-59-63-69(74)75-64-60-56-52-48-44-41-38-35-32-30-28-26-24-22-20-19-21-23-25-27-29-31-33-36-39-42-46-50-54-58-62-68(73)70-66(65-71)67(72)61-57-53-49-45-14-12-10-8-6-4-2/h13,15,17-18,20,22,57,61,66-67,71-72H,3-12,14,16,19,21,23-56,58-60,62-65H2,1-2H3,(H,70,73)/b15-13-,18-17-,22-20-,61-57+. The van der Waals surface area contributed by atoms with Gasteiger partial charge < -0.3 is 20.3 Å². The Morgan fingerprint density at radius 2 is 0.667 bits per heavy atom. The molecule has 6 nitrogen and oxygen atoms in total. The Labute approximate surface area is 467 Å². The van der Waals surface area contributed by atoms with Crippen molar-refractivity contribution >= 4 is 11.9 Å². The zero-order valence-electron chi connectivity index (χ0n) is 50.3. The minimum absolute atomic E-state index is 0.00927. The summed E-state index contributed by atoms with van der Waals surface area (Å²) in [6.45, 7) is 4.88. The number of ether oxygens (including phenoxy) is 1. The molecule has 0 aliphatic heterocycles. The lowest BCUT2D eigenvalue weighted by Gasteiger charge is -2.20. The number of aliphatic hydroxyl groups is 2. The van der Waals surface area contributed by atoms with Crippen molar-refractivity contribution in [1.29, 1.82) is 0 Å². The highest BCUT2D eigenvalue weighted by molar-refractivity contribution is 5.76. The molecule has 0 spiro atoms. The van der Waals surface area contributed by atoms with E-state index >= 15 is 0 Å². The van der Waals surface area contributed by atoms with Gasteiger partial charge in [0.1, 0.15) is 0 Å². The second-order valence-electron chi connectivity index (χ2n) is 22.8. The van der Waals surface area contributed by atoms with Crippen molar-refractivity contribution in [2.24, 2.45) is 0 Å². The number of unbranched alkanes of at least 4 members (excludes halogenated alkanes) is 45. The van der Waals surface area contributed by atoms with Gasteiger partial charge >= 0.3 is 5.97 Å². The number of amides is 1. The molecule has 1 amide bonds. The number of carbonyl (C=O) groups excluding carboxylic acids is 2. The first-order valence-corrected chi connectivity index (χ1v) is 33.4. The van der Waals surface area contributed by atoms with E-state index in [0.29, 0.717) is 19.4 Å². The van der Waals surface area contributed by atoms with Crippen LogP contribution in [0.2, 0.25) is 0 Å². The fourth-order valence-electron chi connectivity index (χ4n) is 10.2. The van der Waals surface area contributed by atoms with Crippen LogP contribution in [-0.4, -0.2) is 47.4 Å². The summed E-state index contributed by atoms with van der Waals surface area (Å²) in [5, 5.41) is 23.0. The van der Waals surface area contributed by atoms with Crippen LogP contribution in [0.3, 0.4) is 0 Å². The summed E-state index contributed by atoms with van der Waals surface area (Å²) in [5.74, 6) is -0.0587. The Balaban J connectivity index is 3.35. The molecule has 0 aliphatic carbocycles. The van der Waals surface area contributed by atoms with E-state index in [9.17, 15) is 19.8 Å². The van der Waals surface area contributed by atoms with E-state index in [1.165, 1.54) is 276 Å². The SMILES string of the molecule is CCCCCC/C=C\C/C=C\CCCCCCCCCC(=O)OCCCCCCCCCCCCCC/C=C\CCCCCCCCCCCCCCCCC(=O)NC(CO)C(O)/C=C/CCCCCCCCCC. The third-order valence-electron chi connectivity index (χ3n) is 15.3.